The number of aromatic nitrogens is 2. The van der Waals surface area contributed by atoms with Crippen LogP contribution in [0.2, 0.25) is 0 Å². The maximum Gasteiger partial charge on any atom is 0.419 e. The van der Waals surface area contributed by atoms with Crippen LogP contribution in [0.5, 0.6) is 0 Å². The molecule has 0 aliphatic heterocycles. The molecule has 1 amide bonds. The summed E-state index contributed by atoms with van der Waals surface area (Å²) in [6.07, 6.45) is 3.19. The van der Waals surface area contributed by atoms with Crippen molar-refractivity contribution in [2.45, 2.75) is 50.9 Å². The Morgan fingerprint density at radius 3 is 2.62 bits per heavy atom. The quantitative estimate of drug-likeness (QED) is 0.641. The lowest BCUT2D eigenvalue weighted by Crippen LogP contribution is -2.51. The second-order valence-electron chi connectivity index (χ2n) is 7.71. The van der Waals surface area contributed by atoms with Gasteiger partial charge in [-0.05, 0) is 39.5 Å². The molecule has 2 unspecified atom stereocenters. The second kappa shape index (κ2) is 6.30. The van der Waals surface area contributed by atoms with Crippen molar-refractivity contribution < 1.29 is 28.6 Å². The van der Waals surface area contributed by atoms with Gasteiger partial charge in [0.05, 0.1) is 18.6 Å². The van der Waals surface area contributed by atoms with Gasteiger partial charge in [-0.25, -0.2) is 19.1 Å². The zero-order valence-corrected chi connectivity index (χ0v) is 15.2. The molecule has 0 aromatic carbocycles. The molecule has 0 radical (unpaired) electrons. The summed E-state index contributed by atoms with van der Waals surface area (Å²) in [7, 11) is 1.29. The van der Waals surface area contributed by atoms with Crippen molar-refractivity contribution in [3.8, 4) is 0 Å². The summed E-state index contributed by atoms with van der Waals surface area (Å²) in [5.74, 6) is -1.08. The zero-order chi connectivity index (χ0) is 19.1. The van der Waals surface area contributed by atoms with Gasteiger partial charge in [-0.15, -0.1) is 0 Å². The molecule has 9 heteroatoms. The van der Waals surface area contributed by atoms with Crippen LogP contribution in [-0.2, 0) is 19.0 Å². The van der Waals surface area contributed by atoms with Crippen LogP contribution in [-0.4, -0.2) is 52.1 Å². The number of amides is 1. The Labute approximate surface area is 151 Å². The van der Waals surface area contributed by atoms with Crippen LogP contribution in [0.4, 0.5) is 9.59 Å². The number of esters is 1. The molecule has 9 nitrogen and oxygen atoms in total. The number of ether oxygens (including phenoxy) is 3. The van der Waals surface area contributed by atoms with Crippen LogP contribution in [0.3, 0.4) is 0 Å². The fourth-order valence-corrected chi connectivity index (χ4v) is 3.59. The second-order valence-corrected chi connectivity index (χ2v) is 7.71. The van der Waals surface area contributed by atoms with Crippen LogP contribution >= 0.6 is 0 Å². The van der Waals surface area contributed by atoms with E-state index in [9.17, 15) is 14.4 Å². The average Bonchev–Trinajstić information content (AvgIpc) is 2.91. The van der Waals surface area contributed by atoms with Gasteiger partial charge in [0.15, 0.2) is 0 Å². The molecule has 1 aromatic heterocycles. The van der Waals surface area contributed by atoms with Gasteiger partial charge in [0.25, 0.3) is 0 Å². The molecule has 2 aliphatic carbocycles. The number of carbonyl (C=O) groups is 3. The Bertz CT molecular complexity index is 711. The minimum Gasteiger partial charge on any atom is -0.469 e. The van der Waals surface area contributed by atoms with Gasteiger partial charge in [0.2, 0.25) is 0 Å². The number of hydrogen-bond acceptors (Lipinski definition) is 7. The van der Waals surface area contributed by atoms with Gasteiger partial charge in [-0.3, -0.25) is 4.79 Å². The van der Waals surface area contributed by atoms with E-state index in [4.69, 9.17) is 14.2 Å². The molecule has 1 aromatic rings. The molecule has 26 heavy (non-hydrogen) atoms. The highest BCUT2D eigenvalue weighted by atomic mass is 16.6. The highest BCUT2D eigenvalue weighted by Gasteiger charge is 2.71. The summed E-state index contributed by atoms with van der Waals surface area (Å²) < 4.78 is 16.9. The number of imidazole rings is 1. The monoisotopic (exact) mass is 365 g/mol. The number of alkyl carbamates (subject to hydrolysis) is 1. The fraction of sp³-hybridized carbons (Fsp3) is 0.647. The molecule has 0 bridgehead atoms. The molecule has 2 fully saturated rings. The maximum absolute atomic E-state index is 12.3. The van der Waals surface area contributed by atoms with E-state index in [1.807, 2.05) is 0 Å². The molecule has 0 spiro atoms. The highest BCUT2D eigenvalue weighted by molar-refractivity contribution is 5.78. The number of hydrogen-bond donors (Lipinski definition) is 1. The van der Waals surface area contributed by atoms with Gasteiger partial charge < -0.3 is 19.5 Å². The number of fused-ring (bicyclic) bond motifs is 1. The largest absolute Gasteiger partial charge is 0.469 e. The summed E-state index contributed by atoms with van der Waals surface area (Å²) in [5.41, 5.74) is -1.47. The predicted molar refractivity (Wildman–Crippen MR) is 88.2 cm³/mol. The van der Waals surface area contributed by atoms with Crippen molar-refractivity contribution >= 4 is 18.2 Å². The van der Waals surface area contributed by atoms with Gasteiger partial charge >= 0.3 is 18.2 Å². The minimum absolute atomic E-state index is 0.0275. The Morgan fingerprint density at radius 2 is 2.04 bits per heavy atom. The Kier molecular flexibility index (Phi) is 4.41. The third-order valence-electron chi connectivity index (χ3n) is 4.74. The van der Waals surface area contributed by atoms with Gasteiger partial charge in [-0.1, -0.05) is 0 Å². The summed E-state index contributed by atoms with van der Waals surface area (Å²) in [4.78, 5) is 40.5. The number of rotatable bonds is 3. The topological polar surface area (TPSA) is 109 Å². The fourth-order valence-electron chi connectivity index (χ4n) is 3.59. The van der Waals surface area contributed by atoms with Crippen LogP contribution in [0.25, 0.3) is 0 Å². The zero-order valence-electron chi connectivity index (χ0n) is 15.2. The first-order chi connectivity index (χ1) is 12.2. The summed E-state index contributed by atoms with van der Waals surface area (Å²) in [6, 6.07) is 0. The van der Waals surface area contributed by atoms with Crippen molar-refractivity contribution in [3.05, 3.63) is 18.7 Å². The first kappa shape index (κ1) is 18.2. The predicted octanol–water partition coefficient (Wildman–Crippen LogP) is 1.71. The molecule has 142 valence electrons. The number of nitrogens with zero attached hydrogens (tertiary/aromatic N) is 2. The first-order valence-corrected chi connectivity index (χ1v) is 8.44. The van der Waals surface area contributed by atoms with Crippen molar-refractivity contribution in [2.24, 2.45) is 11.8 Å². The summed E-state index contributed by atoms with van der Waals surface area (Å²) in [6.45, 7) is 5.28. The Morgan fingerprint density at radius 1 is 1.31 bits per heavy atom. The van der Waals surface area contributed by atoms with E-state index in [2.05, 4.69) is 10.3 Å². The molecule has 3 rings (SSSR count). The summed E-state index contributed by atoms with van der Waals surface area (Å²) >= 11 is 0. The standard InChI is InChI=1S/C17H23N3O6/c1-16(2,3)26-14(22)19-17-8-10(17)7-11(13(21)24-4)12(17)25-15(23)20-6-5-18-9-20/h5-6,9-12H,7-8H2,1-4H3,(H,19,22)/t10-,11?,12?,17-/m0/s1. The molecule has 4 atom stereocenters. The van der Waals surface area contributed by atoms with Crippen LogP contribution < -0.4 is 5.32 Å². The van der Waals surface area contributed by atoms with E-state index in [1.165, 1.54) is 30.4 Å². The van der Waals surface area contributed by atoms with E-state index < -0.39 is 41.3 Å². The van der Waals surface area contributed by atoms with E-state index >= 15 is 0 Å². The molecule has 2 saturated carbocycles. The number of methoxy groups -OCH3 is 1. The van der Waals surface area contributed by atoms with E-state index in [1.54, 1.807) is 20.8 Å². The molecule has 1 heterocycles. The average molecular weight is 365 g/mol. The molecular weight excluding hydrogens is 342 g/mol. The van der Waals surface area contributed by atoms with Crippen molar-refractivity contribution in [1.29, 1.82) is 0 Å². The molecule has 1 N–H and O–H groups in total. The van der Waals surface area contributed by atoms with E-state index in [0.717, 1.165) is 0 Å². The lowest BCUT2D eigenvalue weighted by molar-refractivity contribution is -0.149. The Hall–Kier alpha value is -2.58. The minimum atomic E-state index is -0.831. The number of carbonyl (C=O) groups excluding carboxylic acids is 3. The van der Waals surface area contributed by atoms with Crippen LogP contribution in [0.1, 0.15) is 33.6 Å². The number of nitrogens with one attached hydrogen (secondary N) is 1. The van der Waals surface area contributed by atoms with Crippen LogP contribution in [0, 0.1) is 11.8 Å². The third-order valence-corrected chi connectivity index (χ3v) is 4.74. The normalized spacial score (nSPS) is 29.5. The van der Waals surface area contributed by atoms with E-state index in [0.29, 0.717) is 12.8 Å². The molecule has 2 aliphatic rings. The van der Waals surface area contributed by atoms with E-state index in [-0.39, 0.29) is 5.92 Å². The highest BCUT2D eigenvalue weighted by Crippen LogP contribution is 2.59. The maximum atomic E-state index is 12.3. The van der Waals surface area contributed by atoms with Gasteiger partial charge in [0, 0.05) is 12.4 Å². The van der Waals surface area contributed by atoms with Gasteiger partial charge in [-0.2, -0.15) is 0 Å². The Balaban J connectivity index is 1.79. The smallest absolute Gasteiger partial charge is 0.419 e. The van der Waals surface area contributed by atoms with Crippen LogP contribution in [0.15, 0.2) is 18.7 Å². The lowest BCUT2D eigenvalue weighted by Gasteiger charge is -2.29. The van der Waals surface area contributed by atoms with Gasteiger partial charge in [0.1, 0.15) is 18.0 Å². The van der Waals surface area contributed by atoms with Crippen molar-refractivity contribution in [1.82, 2.24) is 14.9 Å². The summed E-state index contributed by atoms with van der Waals surface area (Å²) in [5, 5.41) is 2.82. The van der Waals surface area contributed by atoms with Crippen molar-refractivity contribution in [3.63, 3.8) is 0 Å². The first-order valence-electron chi connectivity index (χ1n) is 8.44. The lowest BCUT2D eigenvalue weighted by atomic mass is 9.98. The third kappa shape index (κ3) is 3.38. The molecule has 0 saturated heterocycles. The SMILES string of the molecule is COC(=O)C1C[C@H]2C[C@@]2(NC(=O)OC(C)(C)C)C1OC(=O)n1ccnc1. The van der Waals surface area contributed by atoms with Crippen molar-refractivity contribution in [2.75, 3.05) is 7.11 Å². The molecular formula is C17H23N3O6.